The Labute approximate surface area is 116 Å². The van der Waals surface area contributed by atoms with Crippen LogP contribution < -0.4 is 16.0 Å². The van der Waals surface area contributed by atoms with Crippen molar-refractivity contribution in [1.29, 1.82) is 0 Å². The predicted molar refractivity (Wildman–Crippen MR) is 74.6 cm³/mol. The number of amides is 2. The van der Waals surface area contributed by atoms with Crippen LogP contribution in [0.3, 0.4) is 0 Å². The molecular weight excluding hydrogens is 260 g/mol. The van der Waals surface area contributed by atoms with Crippen molar-refractivity contribution < 1.29 is 14.8 Å². The van der Waals surface area contributed by atoms with Gasteiger partial charge < -0.3 is 21.2 Å². The van der Waals surface area contributed by atoms with Crippen molar-refractivity contribution in [2.24, 2.45) is 16.3 Å². The average Bonchev–Trinajstić information content (AvgIpc) is 2.44. The summed E-state index contributed by atoms with van der Waals surface area (Å²) in [5.74, 6) is -0.895. The first-order valence-corrected chi connectivity index (χ1v) is 6.06. The number of nitrogens with one attached hydrogen (secondary N) is 1. The summed E-state index contributed by atoms with van der Waals surface area (Å²) in [5.41, 5.74) is 5.51. The number of hydrogen-bond acceptors (Lipinski definition) is 4. The van der Waals surface area contributed by atoms with E-state index in [0.29, 0.717) is 11.4 Å². The van der Waals surface area contributed by atoms with Gasteiger partial charge in [-0.15, -0.1) is 0 Å². The number of anilines is 2. The fourth-order valence-corrected chi connectivity index (χ4v) is 1.99. The number of amidine groups is 1. The zero-order chi connectivity index (χ0) is 14.9. The molecule has 7 heteroatoms. The minimum absolute atomic E-state index is 0.0992. The summed E-state index contributed by atoms with van der Waals surface area (Å²) >= 11 is 0. The molecular formula is C13H16N4O3. The molecule has 7 nitrogen and oxygen atoms in total. The predicted octanol–water partition coefficient (Wildman–Crippen LogP) is 0.744. The van der Waals surface area contributed by atoms with E-state index in [4.69, 9.17) is 10.9 Å². The van der Waals surface area contributed by atoms with Crippen LogP contribution in [0, 0.1) is 5.41 Å². The van der Waals surface area contributed by atoms with Gasteiger partial charge in [-0.3, -0.25) is 9.59 Å². The maximum atomic E-state index is 12.6. The van der Waals surface area contributed by atoms with E-state index >= 15 is 0 Å². The summed E-state index contributed by atoms with van der Waals surface area (Å²) in [6.45, 7) is 2.98. The van der Waals surface area contributed by atoms with Crippen LogP contribution in [0.25, 0.3) is 0 Å². The van der Waals surface area contributed by atoms with Crippen LogP contribution in [-0.2, 0) is 9.59 Å². The monoisotopic (exact) mass is 276 g/mol. The number of rotatable bonds is 2. The zero-order valence-electron chi connectivity index (χ0n) is 11.3. The van der Waals surface area contributed by atoms with Crippen molar-refractivity contribution >= 4 is 29.0 Å². The molecule has 1 heterocycles. The molecule has 2 amide bonds. The minimum Gasteiger partial charge on any atom is -0.409 e. The molecule has 1 aromatic rings. The van der Waals surface area contributed by atoms with E-state index in [1.54, 1.807) is 38.1 Å². The highest BCUT2D eigenvalue weighted by Gasteiger charge is 2.39. The van der Waals surface area contributed by atoms with Crippen LogP contribution in [0.5, 0.6) is 0 Å². The number of benzene rings is 1. The first-order chi connectivity index (χ1) is 9.37. The lowest BCUT2D eigenvalue weighted by atomic mass is 9.89. The SMILES string of the molecule is CC(C)(C(=O)N1CC(=O)Nc2ccccc21)C(N)=NO. The summed E-state index contributed by atoms with van der Waals surface area (Å²) in [5, 5.41) is 14.4. The van der Waals surface area contributed by atoms with Gasteiger partial charge in [-0.1, -0.05) is 17.3 Å². The van der Waals surface area contributed by atoms with Crippen molar-refractivity contribution in [1.82, 2.24) is 0 Å². The van der Waals surface area contributed by atoms with Crippen molar-refractivity contribution in [3.8, 4) is 0 Å². The van der Waals surface area contributed by atoms with E-state index in [1.807, 2.05) is 0 Å². The molecule has 1 aliphatic rings. The standard InChI is InChI=1S/C13H16N4O3/c1-13(2,11(14)16-20)12(19)17-7-10(18)15-8-5-3-4-6-9(8)17/h3-6,20H,7H2,1-2H3,(H2,14,16)(H,15,18). The molecule has 106 valence electrons. The van der Waals surface area contributed by atoms with Crippen LogP contribution in [0.15, 0.2) is 29.4 Å². The molecule has 2 rings (SSSR count). The molecule has 0 atom stereocenters. The highest BCUT2D eigenvalue weighted by Crippen LogP contribution is 2.32. The molecule has 20 heavy (non-hydrogen) atoms. The van der Waals surface area contributed by atoms with Gasteiger partial charge in [0.15, 0.2) is 5.84 Å². The van der Waals surface area contributed by atoms with Crippen molar-refractivity contribution in [2.75, 3.05) is 16.8 Å². The molecule has 0 radical (unpaired) electrons. The number of carbonyl (C=O) groups excluding carboxylic acids is 2. The fourth-order valence-electron chi connectivity index (χ4n) is 1.99. The van der Waals surface area contributed by atoms with E-state index in [1.165, 1.54) is 4.90 Å². The highest BCUT2D eigenvalue weighted by molar-refractivity contribution is 6.17. The summed E-state index contributed by atoms with van der Waals surface area (Å²) in [6.07, 6.45) is 0. The number of nitrogens with zero attached hydrogens (tertiary/aromatic N) is 2. The summed E-state index contributed by atoms with van der Waals surface area (Å²) in [4.78, 5) is 25.6. The third-order valence-corrected chi connectivity index (χ3v) is 3.30. The van der Waals surface area contributed by atoms with Gasteiger partial charge in [-0.2, -0.15) is 0 Å². The lowest BCUT2D eigenvalue weighted by Gasteiger charge is -2.34. The maximum absolute atomic E-state index is 12.6. The zero-order valence-corrected chi connectivity index (χ0v) is 11.3. The van der Waals surface area contributed by atoms with Crippen LogP contribution in [0.4, 0.5) is 11.4 Å². The fraction of sp³-hybridized carbons (Fsp3) is 0.308. The lowest BCUT2D eigenvalue weighted by Crippen LogP contribution is -2.52. The molecule has 0 saturated heterocycles. The first kappa shape index (κ1) is 13.9. The second-order valence-corrected chi connectivity index (χ2v) is 5.07. The van der Waals surface area contributed by atoms with Crippen LogP contribution in [0.1, 0.15) is 13.8 Å². The minimum atomic E-state index is -1.21. The number of oxime groups is 1. The topological polar surface area (TPSA) is 108 Å². The van der Waals surface area contributed by atoms with Gasteiger partial charge >= 0.3 is 0 Å². The third kappa shape index (κ3) is 2.18. The Bertz CT molecular complexity index is 595. The molecule has 0 spiro atoms. The average molecular weight is 276 g/mol. The highest BCUT2D eigenvalue weighted by atomic mass is 16.4. The molecule has 1 aromatic carbocycles. The molecule has 0 unspecified atom stereocenters. The van der Waals surface area contributed by atoms with E-state index in [0.717, 1.165) is 0 Å². The van der Waals surface area contributed by atoms with Crippen LogP contribution in [-0.4, -0.2) is 29.4 Å². The van der Waals surface area contributed by atoms with Gasteiger partial charge in [0.1, 0.15) is 12.0 Å². The summed E-state index contributed by atoms with van der Waals surface area (Å²) in [7, 11) is 0. The van der Waals surface area contributed by atoms with E-state index < -0.39 is 11.3 Å². The second kappa shape index (κ2) is 4.84. The molecule has 1 aliphatic heterocycles. The number of para-hydroxylation sites is 2. The Morgan fingerprint density at radius 3 is 2.75 bits per heavy atom. The third-order valence-electron chi connectivity index (χ3n) is 3.30. The Morgan fingerprint density at radius 2 is 2.10 bits per heavy atom. The number of carbonyl (C=O) groups is 2. The summed E-state index contributed by atoms with van der Waals surface area (Å²) in [6, 6.07) is 6.98. The molecule has 4 N–H and O–H groups in total. The van der Waals surface area contributed by atoms with Gasteiger partial charge in [0.05, 0.1) is 11.4 Å². The second-order valence-electron chi connectivity index (χ2n) is 5.07. The largest absolute Gasteiger partial charge is 0.409 e. The quantitative estimate of drug-likeness (QED) is 0.320. The number of hydrogen-bond donors (Lipinski definition) is 3. The Kier molecular flexibility index (Phi) is 3.35. The van der Waals surface area contributed by atoms with Gasteiger partial charge in [0.25, 0.3) is 0 Å². The summed E-state index contributed by atoms with van der Waals surface area (Å²) < 4.78 is 0. The van der Waals surface area contributed by atoms with Gasteiger partial charge in [0, 0.05) is 0 Å². The van der Waals surface area contributed by atoms with Gasteiger partial charge in [-0.25, -0.2) is 0 Å². The first-order valence-electron chi connectivity index (χ1n) is 6.06. The smallest absolute Gasteiger partial charge is 0.244 e. The van der Waals surface area contributed by atoms with Crippen molar-refractivity contribution in [3.63, 3.8) is 0 Å². The normalized spacial score (nSPS) is 15.6. The van der Waals surface area contributed by atoms with Crippen molar-refractivity contribution in [3.05, 3.63) is 24.3 Å². The molecule has 0 aromatic heterocycles. The van der Waals surface area contributed by atoms with Gasteiger partial charge in [-0.05, 0) is 26.0 Å². The number of fused-ring (bicyclic) bond motifs is 1. The number of nitrogens with two attached hydrogens (primary N) is 1. The molecule has 0 fully saturated rings. The van der Waals surface area contributed by atoms with Gasteiger partial charge in [0.2, 0.25) is 11.8 Å². The maximum Gasteiger partial charge on any atom is 0.244 e. The Morgan fingerprint density at radius 1 is 1.45 bits per heavy atom. The molecule has 0 saturated carbocycles. The van der Waals surface area contributed by atoms with Crippen molar-refractivity contribution in [2.45, 2.75) is 13.8 Å². The van der Waals surface area contributed by atoms with Crippen LogP contribution >= 0.6 is 0 Å². The van der Waals surface area contributed by atoms with Crippen LogP contribution in [0.2, 0.25) is 0 Å². The molecule has 0 aliphatic carbocycles. The van der Waals surface area contributed by atoms with E-state index in [2.05, 4.69) is 10.5 Å². The molecule has 0 bridgehead atoms. The van der Waals surface area contributed by atoms with E-state index in [9.17, 15) is 9.59 Å². The van der Waals surface area contributed by atoms with E-state index in [-0.39, 0.29) is 18.3 Å². The lowest BCUT2D eigenvalue weighted by molar-refractivity contribution is -0.125. The Balaban J connectivity index is 2.43. The Hall–Kier alpha value is -2.57.